The molecule has 114 valence electrons. The van der Waals surface area contributed by atoms with Gasteiger partial charge in [0.1, 0.15) is 5.75 Å². The zero-order chi connectivity index (χ0) is 14.8. The molecule has 5 heteroatoms. The Morgan fingerprint density at radius 1 is 1.25 bits per heavy atom. The summed E-state index contributed by atoms with van der Waals surface area (Å²) in [7, 11) is 5.85. The van der Waals surface area contributed by atoms with Gasteiger partial charge in [0.15, 0.2) is 0 Å². The number of nitrogens with zero attached hydrogens (tertiary/aromatic N) is 1. The van der Waals surface area contributed by atoms with Crippen LogP contribution >= 0.6 is 15.9 Å². The van der Waals surface area contributed by atoms with Crippen molar-refractivity contribution in [3.8, 4) is 5.75 Å². The lowest BCUT2D eigenvalue weighted by Gasteiger charge is -2.12. The third-order valence-electron chi connectivity index (χ3n) is 2.82. The highest BCUT2D eigenvalue weighted by Gasteiger charge is 2.03. The van der Waals surface area contributed by atoms with E-state index in [9.17, 15) is 0 Å². The quantitative estimate of drug-likeness (QED) is 0.661. The van der Waals surface area contributed by atoms with Gasteiger partial charge in [0.05, 0.1) is 17.7 Å². The van der Waals surface area contributed by atoms with Crippen molar-refractivity contribution in [3.05, 3.63) is 28.2 Å². The van der Waals surface area contributed by atoms with E-state index in [1.807, 2.05) is 6.07 Å². The second-order valence-corrected chi connectivity index (χ2v) is 5.79. The van der Waals surface area contributed by atoms with E-state index in [1.54, 1.807) is 7.11 Å². The van der Waals surface area contributed by atoms with Crippen LogP contribution in [0.3, 0.4) is 0 Å². The van der Waals surface area contributed by atoms with Crippen LogP contribution in [0.5, 0.6) is 5.75 Å². The first-order chi connectivity index (χ1) is 9.63. The van der Waals surface area contributed by atoms with Gasteiger partial charge >= 0.3 is 0 Å². The summed E-state index contributed by atoms with van der Waals surface area (Å²) < 4.78 is 11.8. The van der Waals surface area contributed by atoms with Crippen molar-refractivity contribution in [2.75, 3.05) is 47.5 Å². The molecule has 0 bridgehead atoms. The van der Waals surface area contributed by atoms with Gasteiger partial charge in [0.25, 0.3) is 0 Å². The zero-order valence-electron chi connectivity index (χ0n) is 12.6. The largest absolute Gasteiger partial charge is 0.492 e. The van der Waals surface area contributed by atoms with E-state index in [4.69, 9.17) is 9.47 Å². The fourth-order valence-corrected chi connectivity index (χ4v) is 2.28. The van der Waals surface area contributed by atoms with Gasteiger partial charge in [0.2, 0.25) is 0 Å². The molecule has 1 aromatic carbocycles. The number of nitrogens with one attached hydrogen (secondary N) is 1. The van der Waals surface area contributed by atoms with Gasteiger partial charge in [-0.3, -0.25) is 0 Å². The highest BCUT2D eigenvalue weighted by atomic mass is 79.9. The lowest BCUT2D eigenvalue weighted by atomic mass is 10.2. The molecule has 0 aliphatic carbocycles. The van der Waals surface area contributed by atoms with Crippen molar-refractivity contribution >= 4 is 15.9 Å². The Kier molecular flexibility index (Phi) is 8.85. The topological polar surface area (TPSA) is 33.7 Å². The van der Waals surface area contributed by atoms with Crippen LogP contribution in [0.4, 0.5) is 0 Å². The summed E-state index contributed by atoms with van der Waals surface area (Å²) in [5.41, 5.74) is 1.23. The van der Waals surface area contributed by atoms with Crippen LogP contribution in [-0.2, 0) is 11.3 Å². The predicted octanol–water partition coefficient (Wildman–Crippen LogP) is 2.52. The molecule has 1 rings (SSSR count). The van der Waals surface area contributed by atoms with Crippen LogP contribution in [0.15, 0.2) is 22.7 Å². The van der Waals surface area contributed by atoms with Crippen molar-refractivity contribution < 1.29 is 9.47 Å². The molecule has 1 N–H and O–H groups in total. The third-order valence-corrected chi connectivity index (χ3v) is 3.44. The SMILES string of the molecule is COCCNCc1ccc(OCCCN(C)C)c(Br)c1. The van der Waals surface area contributed by atoms with Crippen molar-refractivity contribution in [1.82, 2.24) is 10.2 Å². The molecule has 0 atom stereocenters. The van der Waals surface area contributed by atoms with Gasteiger partial charge in [-0.05, 0) is 54.1 Å². The van der Waals surface area contributed by atoms with Crippen LogP contribution in [0, 0.1) is 0 Å². The maximum atomic E-state index is 5.77. The molecule has 0 amide bonds. The lowest BCUT2D eigenvalue weighted by Crippen LogP contribution is -2.18. The Hall–Kier alpha value is -0.620. The molecule has 0 fully saturated rings. The van der Waals surface area contributed by atoms with Crippen LogP contribution in [0.1, 0.15) is 12.0 Å². The fraction of sp³-hybridized carbons (Fsp3) is 0.600. The molecule has 0 saturated heterocycles. The Labute approximate surface area is 130 Å². The van der Waals surface area contributed by atoms with Gasteiger partial charge in [0, 0.05) is 26.7 Å². The summed E-state index contributed by atoms with van der Waals surface area (Å²) in [5, 5.41) is 3.32. The van der Waals surface area contributed by atoms with Crippen molar-refractivity contribution in [2.24, 2.45) is 0 Å². The molecule has 0 saturated carbocycles. The molecule has 1 aromatic rings. The number of benzene rings is 1. The molecule has 0 spiro atoms. The summed E-state index contributed by atoms with van der Waals surface area (Å²) in [4.78, 5) is 2.16. The van der Waals surface area contributed by atoms with Crippen LogP contribution in [0.25, 0.3) is 0 Å². The van der Waals surface area contributed by atoms with Gasteiger partial charge in [-0.2, -0.15) is 0 Å². The maximum Gasteiger partial charge on any atom is 0.133 e. The molecule has 4 nitrogen and oxygen atoms in total. The second kappa shape index (κ2) is 10.2. The van der Waals surface area contributed by atoms with Crippen LogP contribution in [-0.4, -0.2) is 52.4 Å². The van der Waals surface area contributed by atoms with Crippen LogP contribution in [0.2, 0.25) is 0 Å². The molecule has 0 aromatic heterocycles. The Morgan fingerprint density at radius 3 is 2.70 bits per heavy atom. The Bertz CT molecular complexity index is 386. The fourth-order valence-electron chi connectivity index (χ4n) is 1.74. The molecule has 0 radical (unpaired) electrons. The summed E-state index contributed by atoms with van der Waals surface area (Å²) in [6, 6.07) is 6.21. The minimum atomic E-state index is 0.730. The van der Waals surface area contributed by atoms with E-state index in [2.05, 4.69) is 52.4 Å². The summed E-state index contributed by atoms with van der Waals surface area (Å²) in [5.74, 6) is 0.907. The van der Waals surface area contributed by atoms with E-state index >= 15 is 0 Å². The maximum absolute atomic E-state index is 5.77. The molecule has 0 unspecified atom stereocenters. The normalized spacial score (nSPS) is 11.1. The van der Waals surface area contributed by atoms with Crippen molar-refractivity contribution in [3.63, 3.8) is 0 Å². The van der Waals surface area contributed by atoms with Gasteiger partial charge in [-0.25, -0.2) is 0 Å². The van der Waals surface area contributed by atoms with Crippen LogP contribution < -0.4 is 10.1 Å². The molecule has 20 heavy (non-hydrogen) atoms. The van der Waals surface area contributed by atoms with Gasteiger partial charge < -0.3 is 19.7 Å². The summed E-state index contributed by atoms with van der Waals surface area (Å²) in [6.07, 6.45) is 1.03. The number of rotatable bonds is 10. The highest BCUT2D eigenvalue weighted by molar-refractivity contribution is 9.10. The third kappa shape index (κ3) is 7.24. The second-order valence-electron chi connectivity index (χ2n) is 4.94. The number of hydrogen-bond acceptors (Lipinski definition) is 4. The van der Waals surface area contributed by atoms with E-state index in [-0.39, 0.29) is 0 Å². The van der Waals surface area contributed by atoms with Gasteiger partial charge in [-0.1, -0.05) is 6.07 Å². The number of methoxy groups -OCH3 is 1. The minimum absolute atomic E-state index is 0.730. The van der Waals surface area contributed by atoms with Crippen molar-refractivity contribution in [1.29, 1.82) is 0 Å². The van der Waals surface area contributed by atoms with E-state index < -0.39 is 0 Å². The minimum Gasteiger partial charge on any atom is -0.492 e. The predicted molar refractivity (Wildman–Crippen MR) is 86.4 cm³/mol. The summed E-state index contributed by atoms with van der Waals surface area (Å²) >= 11 is 3.56. The average Bonchev–Trinajstić information content (AvgIpc) is 2.41. The van der Waals surface area contributed by atoms with E-state index in [0.29, 0.717) is 0 Å². The van der Waals surface area contributed by atoms with Gasteiger partial charge in [-0.15, -0.1) is 0 Å². The number of hydrogen-bond donors (Lipinski definition) is 1. The molecular weight excluding hydrogens is 320 g/mol. The van der Waals surface area contributed by atoms with Crippen molar-refractivity contribution in [2.45, 2.75) is 13.0 Å². The highest BCUT2D eigenvalue weighted by Crippen LogP contribution is 2.26. The smallest absolute Gasteiger partial charge is 0.133 e. The first-order valence-electron chi connectivity index (χ1n) is 6.89. The zero-order valence-corrected chi connectivity index (χ0v) is 14.2. The Balaban J connectivity index is 2.35. The molecule has 0 heterocycles. The molecular formula is C15H25BrN2O2. The van der Waals surface area contributed by atoms with E-state index in [0.717, 1.165) is 49.5 Å². The average molecular weight is 345 g/mol. The standard InChI is InChI=1S/C15H25BrN2O2/c1-18(2)8-4-9-20-15-6-5-13(11-14(15)16)12-17-7-10-19-3/h5-6,11,17H,4,7-10,12H2,1-3H3. The number of halogens is 1. The Morgan fingerprint density at radius 2 is 2.05 bits per heavy atom. The number of ether oxygens (including phenoxy) is 2. The lowest BCUT2D eigenvalue weighted by molar-refractivity contribution is 0.199. The molecule has 0 aliphatic heterocycles. The van der Waals surface area contributed by atoms with E-state index in [1.165, 1.54) is 5.56 Å². The first-order valence-corrected chi connectivity index (χ1v) is 7.68. The monoisotopic (exact) mass is 344 g/mol. The first kappa shape index (κ1) is 17.4. The summed E-state index contributed by atoms with van der Waals surface area (Å²) in [6.45, 7) is 4.20. The molecule has 0 aliphatic rings.